The van der Waals surface area contributed by atoms with Gasteiger partial charge in [-0.15, -0.1) is 0 Å². The number of carbonyl (C=O) groups is 1. The summed E-state index contributed by atoms with van der Waals surface area (Å²) in [7, 11) is 0. The summed E-state index contributed by atoms with van der Waals surface area (Å²) in [4.78, 5) is 12.1. The van der Waals surface area contributed by atoms with E-state index in [2.05, 4.69) is 35.0 Å². The van der Waals surface area contributed by atoms with E-state index in [1.807, 2.05) is 66.7 Å². The molecule has 3 aromatic rings. The number of carbonyl (C=O) groups excluding carboxylic acids is 1. The Morgan fingerprint density at radius 1 is 0.857 bits per heavy atom. The van der Waals surface area contributed by atoms with Crippen molar-refractivity contribution >= 4 is 23.3 Å². The molecule has 0 aliphatic carbocycles. The van der Waals surface area contributed by atoms with Crippen molar-refractivity contribution in [1.29, 1.82) is 0 Å². The smallest absolute Gasteiger partial charge is 0.319 e. The minimum Gasteiger partial charge on any atom is -0.334 e. The summed E-state index contributed by atoms with van der Waals surface area (Å²) >= 11 is 5.86. The van der Waals surface area contributed by atoms with Crippen LogP contribution >= 0.6 is 11.6 Å². The average Bonchev–Trinajstić information content (AvgIpc) is 2.73. The van der Waals surface area contributed by atoms with Crippen LogP contribution in [0.1, 0.15) is 29.7 Å². The number of nitrogens with one attached hydrogen (secondary N) is 3. The second-order valence-electron chi connectivity index (χ2n) is 6.64. The van der Waals surface area contributed by atoms with Crippen LogP contribution in [-0.4, -0.2) is 6.03 Å². The van der Waals surface area contributed by atoms with Crippen molar-refractivity contribution in [1.82, 2.24) is 10.6 Å². The lowest BCUT2D eigenvalue weighted by molar-refractivity contribution is 0.251. The average molecular weight is 394 g/mol. The maximum absolute atomic E-state index is 12.1. The molecule has 0 aromatic heterocycles. The van der Waals surface area contributed by atoms with Gasteiger partial charge in [-0.2, -0.15) is 0 Å². The molecule has 28 heavy (non-hydrogen) atoms. The van der Waals surface area contributed by atoms with Crippen molar-refractivity contribution < 1.29 is 4.79 Å². The minimum atomic E-state index is -0.238. The van der Waals surface area contributed by atoms with E-state index in [1.54, 1.807) is 0 Å². The van der Waals surface area contributed by atoms with Crippen LogP contribution in [0.4, 0.5) is 10.5 Å². The van der Waals surface area contributed by atoms with Crippen LogP contribution in [0.3, 0.4) is 0 Å². The topological polar surface area (TPSA) is 53.2 Å². The van der Waals surface area contributed by atoms with E-state index in [0.29, 0.717) is 11.6 Å². The zero-order valence-corrected chi connectivity index (χ0v) is 16.5. The quantitative estimate of drug-likeness (QED) is 0.495. The molecule has 3 N–H and O–H groups in total. The first-order valence-electron chi connectivity index (χ1n) is 9.27. The highest BCUT2D eigenvalue weighted by atomic mass is 35.5. The van der Waals surface area contributed by atoms with Crippen LogP contribution in [0.2, 0.25) is 5.02 Å². The third-order valence-corrected chi connectivity index (χ3v) is 4.74. The molecule has 0 spiro atoms. The van der Waals surface area contributed by atoms with E-state index in [9.17, 15) is 4.79 Å². The second-order valence-corrected chi connectivity index (χ2v) is 7.08. The van der Waals surface area contributed by atoms with Crippen LogP contribution in [0.15, 0.2) is 78.9 Å². The molecule has 0 bridgehead atoms. The molecule has 2 amide bonds. The summed E-state index contributed by atoms with van der Waals surface area (Å²) in [5.74, 6) is 0. The van der Waals surface area contributed by atoms with Gasteiger partial charge in [-0.25, -0.2) is 4.79 Å². The Morgan fingerprint density at radius 2 is 1.50 bits per heavy atom. The molecular weight excluding hydrogens is 370 g/mol. The fourth-order valence-electron chi connectivity index (χ4n) is 2.80. The fraction of sp³-hybridized carbons (Fsp3) is 0.174. The Hall–Kier alpha value is -2.82. The van der Waals surface area contributed by atoms with E-state index >= 15 is 0 Å². The highest BCUT2D eigenvalue weighted by Crippen LogP contribution is 2.17. The van der Waals surface area contributed by atoms with Crippen molar-refractivity contribution in [2.24, 2.45) is 0 Å². The van der Waals surface area contributed by atoms with Crippen LogP contribution in [-0.2, 0) is 13.1 Å². The first-order chi connectivity index (χ1) is 13.6. The Bertz CT molecular complexity index is 880. The molecule has 0 saturated carbocycles. The molecular formula is C23H24ClN3O. The van der Waals surface area contributed by atoms with Gasteiger partial charge in [0.25, 0.3) is 0 Å². The molecule has 3 aromatic carbocycles. The van der Waals surface area contributed by atoms with Gasteiger partial charge in [0.2, 0.25) is 0 Å². The van der Waals surface area contributed by atoms with E-state index in [-0.39, 0.29) is 12.1 Å². The zero-order chi connectivity index (χ0) is 19.8. The molecule has 0 saturated heterocycles. The molecule has 4 nitrogen and oxygen atoms in total. The molecule has 0 fully saturated rings. The standard InChI is InChI=1S/C23H24ClN3O/c1-17(25-15-18-5-3-2-4-6-18)20-9-13-22(14-10-20)27-23(28)26-16-19-7-11-21(24)12-8-19/h2-14,17,25H,15-16H2,1H3,(H2,26,27,28). The summed E-state index contributed by atoms with van der Waals surface area (Å²) in [6.07, 6.45) is 0. The van der Waals surface area contributed by atoms with Gasteiger partial charge < -0.3 is 16.0 Å². The van der Waals surface area contributed by atoms with Gasteiger partial charge in [-0.3, -0.25) is 0 Å². The third kappa shape index (κ3) is 6.12. The predicted octanol–water partition coefficient (Wildman–Crippen LogP) is 5.51. The molecule has 1 atom stereocenters. The molecule has 3 rings (SSSR count). The summed E-state index contributed by atoms with van der Waals surface area (Å²) in [6.45, 7) is 3.39. The number of anilines is 1. The summed E-state index contributed by atoms with van der Waals surface area (Å²) in [6, 6.07) is 25.6. The molecule has 144 valence electrons. The largest absolute Gasteiger partial charge is 0.334 e. The lowest BCUT2D eigenvalue weighted by Crippen LogP contribution is -2.28. The number of benzene rings is 3. The molecule has 0 heterocycles. The summed E-state index contributed by atoms with van der Waals surface area (Å²) in [5, 5.41) is 9.88. The summed E-state index contributed by atoms with van der Waals surface area (Å²) < 4.78 is 0. The van der Waals surface area contributed by atoms with E-state index in [4.69, 9.17) is 11.6 Å². The molecule has 0 radical (unpaired) electrons. The number of halogens is 1. The van der Waals surface area contributed by atoms with Gasteiger partial charge in [0.15, 0.2) is 0 Å². The minimum absolute atomic E-state index is 0.216. The van der Waals surface area contributed by atoms with Crippen LogP contribution in [0.25, 0.3) is 0 Å². The second kappa shape index (κ2) is 9.93. The number of hydrogen-bond donors (Lipinski definition) is 3. The molecule has 1 unspecified atom stereocenters. The Balaban J connectivity index is 1.46. The maximum Gasteiger partial charge on any atom is 0.319 e. The van der Waals surface area contributed by atoms with Crippen molar-refractivity contribution in [3.63, 3.8) is 0 Å². The summed E-state index contributed by atoms with van der Waals surface area (Å²) in [5.41, 5.74) is 4.17. The monoisotopic (exact) mass is 393 g/mol. The SMILES string of the molecule is CC(NCc1ccccc1)c1ccc(NC(=O)NCc2ccc(Cl)cc2)cc1. The highest BCUT2D eigenvalue weighted by Gasteiger charge is 2.06. The molecule has 0 aliphatic rings. The number of rotatable bonds is 7. The van der Waals surface area contributed by atoms with Gasteiger partial charge in [0, 0.05) is 29.8 Å². The molecule has 5 heteroatoms. The predicted molar refractivity (Wildman–Crippen MR) is 115 cm³/mol. The van der Waals surface area contributed by atoms with Gasteiger partial charge in [0.05, 0.1) is 0 Å². The van der Waals surface area contributed by atoms with Crippen molar-refractivity contribution in [2.75, 3.05) is 5.32 Å². The lowest BCUT2D eigenvalue weighted by atomic mass is 10.1. The van der Waals surface area contributed by atoms with Gasteiger partial charge in [-0.1, -0.05) is 66.2 Å². The fourth-order valence-corrected chi connectivity index (χ4v) is 2.93. The van der Waals surface area contributed by atoms with E-state index in [1.165, 1.54) is 11.1 Å². The Kier molecular flexibility index (Phi) is 7.06. The zero-order valence-electron chi connectivity index (χ0n) is 15.8. The maximum atomic E-state index is 12.1. The van der Waals surface area contributed by atoms with Crippen molar-refractivity contribution in [3.05, 3.63) is 101 Å². The highest BCUT2D eigenvalue weighted by molar-refractivity contribution is 6.30. The Labute approximate surface area is 170 Å². The first-order valence-corrected chi connectivity index (χ1v) is 9.64. The number of urea groups is 1. The van der Waals surface area contributed by atoms with Gasteiger partial charge in [0.1, 0.15) is 0 Å². The number of hydrogen-bond acceptors (Lipinski definition) is 2. The Morgan fingerprint density at radius 3 is 2.18 bits per heavy atom. The third-order valence-electron chi connectivity index (χ3n) is 4.49. The molecule has 0 aliphatic heterocycles. The first kappa shape index (κ1) is 19.9. The van der Waals surface area contributed by atoms with E-state index in [0.717, 1.165) is 17.8 Å². The number of amides is 2. The normalized spacial score (nSPS) is 11.6. The van der Waals surface area contributed by atoms with Gasteiger partial charge in [-0.05, 0) is 47.9 Å². The lowest BCUT2D eigenvalue weighted by Gasteiger charge is -2.15. The van der Waals surface area contributed by atoms with Crippen molar-refractivity contribution in [2.45, 2.75) is 26.1 Å². The van der Waals surface area contributed by atoms with Crippen molar-refractivity contribution in [3.8, 4) is 0 Å². The van der Waals surface area contributed by atoms with Gasteiger partial charge >= 0.3 is 6.03 Å². The van der Waals surface area contributed by atoms with E-state index < -0.39 is 0 Å². The van der Waals surface area contributed by atoms with Crippen LogP contribution in [0.5, 0.6) is 0 Å². The van der Waals surface area contributed by atoms with Crippen LogP contribution < -0.4 is 16.0 Å². The van der Waals surface area contributed by atoms with Crippen LogP contribution in [0, 0.1) is 0 Å².